The van der Waals surface area contributed by atoms with Crippen molar-refractivity contribution in [3.63, 3.8) is 0 Å². The van der Waals surface area contributed by atoms with E-state index in [2.05, 4.69) is 21.2 Å². The van der Waals surface area contributed by atoms with Crippen molar-refractivity contribution in [2.75, 3.05) is 11.9 Å². The molecule has 0 aliphatic carbocycles. The van der Waals surface area contributed by atoms with Gasteiger partial charge in [0.05, 0.1) is 10.6 Å². The summed E-state index contributed by atoms with van der Waals surface area (Å²) in [5, 5.41) is 2.64. The van der Waals surface area contributed by atoms with Crippen molar-refractivity contribution in [2.24, 2.45) is 0 Å². The number of fused-ring (bicyclic) bond motifs is 1. The molecule has 0 saturated carbocycles. The summed E-state index contributed by atoms with van der Waals surface area (Å²) in [5.74, 6) is 0. The predicted octanol–water partition coefficient (Wildman–Crippen LogP) is 3.39. The van der Waals surface area contributed by atoms with Gasteiger partial charge < -0.3 is 5.32 Å². The third kappa shape index (κ3) is 2.07. The zero-order valence-corrected chi connectivity index (χ0v) is 12.4. The lowest BCUT2D eigenvalue weighted by atomic mass is 10.1. The molecule has 0 aromatic heterocycles. The van der Waals surface area contributed by atoms with Gasteiger partial charge in [0.1, 0.15) is 5.25 Å². The Hall–Kier alpha value is -1.33. The second-order valence-corrected chi connectivity index (χ2v) is 7.39. The highest BCUT2D eigenvalue weighted by atomic mass is 79.9. The van der Waals surface area contributed by atoms with Gasteiger partial charge in [0.15, 0.2) is 9.84 Å². The quantitative estimate of drug-likeness (QED) is 0.867. The van der Waals surface area contributed by atoms with Gasteiger partial charge in [0.25, 0.3) is 0 Å². The van der Waals surface area contributed by atoms with Gasteiger partial charge in [-0.1, -0.05) is 46.3 Å². The van der Waals surface area contributed by atoms with Crippen molar-refractivity contribution >= 4 is 31.5 Å². The van der Waals surface area contributed by atoms with Gasteiger partial charge in [-0.25, -0.2) is 8.42 Å². The number of hydrogen-bond donors (Lipinski definition) is 1. The van der Waals surface area contributed by atoms with E-state index in [4.69, 9.17) is 0 Å². The number of rotatable bonds is 1. The Morgan fingerprint density at radius 1 is 1.05 bits per heavy atom. The first-order valence-electron chi connectivity index (χ1n) is 5.92. The van der Waals surface area contributed by atoms with Gasteiger partial charge in [0.2, 0.25) is 0 Å². The fraction of sp³-hybridized carbons (Fsp3) is 0.143. The van der Waals surface area contributed by atoms with Crippen LogP contribution in [0.4, 0.5) is 5.69 Å². The molecule has 0 spiro atoms. The minimum Gasteiger partial charge on any atom is -0.382 e. The van der Waals surface area contributed by atoms with E-state index in [1.165, 1.54) is 0 Å². The lowest BCUT2D eigenvalue weighted by Gasteiger charge is -2.27. The molecule has 1 atom stereocenters. The third-order valence-corrected chi connectivity index (χ3v) is 6.16. The Labute approximate surface area is 120 Å². The van der Waals surface area contributed by atoms with Crippen LogP contribution < -0.4 is 5.32 Å². The van der Waals surface area contributed by atoms with Crippen molar-refractivity contribution < 1.29 is 8.42 Å². The molecule has 0 amide bonds. The van der Waals surface area contributed by atoms with Gasteiger partial charge in [-0.15, -0.1) is 0 Å². The number of sulfone groups is 1. The smallest absolute Gasteiger partial charge is 0.189 e. The van der Waals surface area contributed by atoms with Gasteiger partial charge in [-0.05, 0) is 23.8 Å². The van der Waals surface area contributed by atoms with E-state index < -0.39 is 15.1 Å². The molecular formula is C14H12BrNO2S. The van der Waals surface area contributed by atoms with Gasteiger partial charge >= 0.3 is 0 Å². The van der Waals surface area contributed by atoms with Crippen molar-refractivity contribution in [2.45, 2.75) is 10.1 Å². The van der Waals surface area contributed by atoms with Crippen molar-refractivity contribution in [3.8, 4) is 0 Å². The van der Waals surface area contributed by atoms with Crippen LogP contribution in [0.5, 0.6) is 0 Å². The normalized spacial score (nSPS) is 20.4. The summed E-state index contributed by atoms with van der Waals surface area (Å²) in [6.07, 6.45) is 0. The minimum absolute atomic E-state index is 0.377. The second-order valence-electron chi connectivity index (χ2n) is 4.43. The van der Waals surface area contributed by atoms with E-state index >= 15 is 0 Å². The molecule has 0 bridgehead atoms. The molecule has 0 radical (unpaired) electrons. The van der Waals surface area contributed by atoms with E-state index in [9.17, 15) is 8.42 Å². The predicted molar refractivity (Wildman–Crippen MR) is 79.0 cm³/mol. The Kier molecular flexibility index (Phi) is 3.11. The molecule has 0 saturated heterocycles. The summed E-state index contributed by atoms with van der Waals surface area (Å²) in [6.45, 7) is 0.391. The molecule has 1 heterocycles. The van der Waals surface area contributed by atoms with Crippen LogP contribution in [0.15, 0.2) is 57.9 Å². The molecule has 1 unspecified atom stereocenters. The van der Waals surface area contributed by atoms with Crippen LogP contribution in [0.3, 0.4) is 0 Å². The molecule has 0 fully saturated rings. The zero-order chi connectivity index (χ0) is 13.5. The lowest BCUT2D eigenvalue weighted by Crippen LogP contribution is -2.28. The Balaban J connectivity index is 2.16. The summed E-state index contributed by atoms with van der Waals surface area (Å²) in [4.78, 5) is 0.377. The summed E-state index contributed by atoms with van der Waals surface area (Å²) in [5.41, 5.74) is 1.48. The Morgan fingerprint density at radius 2 is 1.74 bits per heavy atom. The molecule has 98 valence electrons. The van der Waals surface area contributed by atoms with Crippen molar-refractivity contribution in [1.82, 2.24) is 0 Å². The van der Waals surface area contributed by atoms with Gasteiger partial charge in [-0.3, -0.25) is 0 Å². The first-order valence-corrected chi connectivity index (χ1v) is 8.26. The number of hydrogen-bond acceptors (Lipinski definition) is 3. The Bertz CT molecular complexity index is 728. The summed E-state index contributed by atoms with van der Waals surface area (Å²) < 4.78 is 26.2. The topological polar surface area (TPSA) is 46.2 Å². The van der Waals surface area contributed by atoms with Crippen molar-refractivity contribution in [1.29, 1.82) is 0 Å². The summed E-state index contributed by atoms with van der Waals surface area (Å²) >= 11 is 3.43. The van der Waals surface area contributed by atoms with Crippen molar-refractivity contribution in [3.05, 3.63) is 58.6 Å². The maximum Gasteiger partial charge on any atom is 0.189 e. The molecule has 2 aromatic carbocycles. The van der Waals surface area contributed by atoms with E-state index in [0.717, 1.165) is 10.0 Å². The van der Waals surface area contributed by atoms with Crippen LogP contribution in [0.1, 0.15) is 10.8 Å². The highest BCUT2D eigenvalue weighted by Gasteiger charge is 2.35. The van der Waals surface area contributed by atoms with E-state index in [1.807, 2.05) is 30.3 Å². The Morgan fingerprint density at radius 3 is 2.53 bits per heavy atom. The third-order valence-electron chi connectivity index (χ3n) is 3.30. The molecule has 3 rings (SSSR count). The standard InChI is InChI=1S/C14H12BrNO2S/c15-11-6-2-1-5-10(11)14-9-16-12-7-3-4-8-13(12)19(14,17)18/h1-8,14,16H,9H2. The molecule has 1 aliphatic heterocycles. The highest BCUT2D eigenvalue weighted by Crippen LogP contribution is 2.39. The van der Waals surface area contributed by atoms with Crippen LogP contribution in [-0.4, -0.2) is 15.0 Å². The average molecular weight is 338 g/mol. The molecule has 1 N–H and O–H groups in total. The second kappa shape index (κ2) is 4.65. The monoisotopic (exact) mass is 337 g/mol. The first kappa shape index (κ1) is 12.7. The number of benzene rings is 2. The largest absolute Gasteiger partial charge is 0.382 e. The SMILES string of the molecule is O=S1(=O)c2ccccc2NCC1c1ccccc1Br. The fourth-order valence-corrected chi connectivity index (χ4v) is 4.92. The minimum atomic E-state index is -3.35. The summed E-state index contributed by atoms with van der Waals surface area (Å²) in [7, 11) is -3.35. The maximum absolute atomic E-state index is 12.7. The van der Waals surface area contributed by atoms with Crippen LogP contribution in [0, 0.1) is 0 Å². The maximum atomic E-state index is 12.7. The zero-order valence-electron chi connectivity index (χ0n) is 10.0. The highest BCUT2D eigenvalue weighted by molar-refractivity contribution is 9.10. The van der Waals surface area contributed by atoms with Crippen LogP contribution >= 0.6 is 15.9 Å². The molecule has 1 aliphatic rings. The number of halogens is 1. The molecule has 5 heteroatoms. The molecule has 19 heavy (non-hydrogen) atoms. The fourth-order valence-electron chi connectivity index (χ4n) is 2.34. The van der Waals surface area contributed by atoms with E-state index in [0.29, 0.717) is 17.1 Å². The first-order chi connectivity index (χ1) is 9.10. The van der Waals surface area contributed by atoms with Gasteiger partial charge in [-0.2, -0.15) is 0 Å². The average Bonchev–Trinajstić information content (AvgIpc) is 2.40. The number of nitrogens with one attached hydrogen (secondary N) is 1. The summed E-state index contributed by atoms with van der Waals surface area (Å²) in [6, 6.07) is 14.5. The molecule has 3 nitrogen and oxygen atoms in total. The number of anilines is 1. The molecular weight excluding hydrogens is 326 g/mol. The van der Waals surface area contributed by atoms with Gasteiger partial charge in [0, 0.05) is 11.0 Å². The van der Waals surface area contributed by atoms with Crippen LogP contribution in [-0.2, 0) is 9.84 Å². The lowest BCUT2D eigenvalue weighted by molar-refractivity contribution is 0.581. The van der Waals surface area contributed by atoms with Crippen LogP contribution in [0.2, 0.25) is 0 Å². The van der Waals surface area contributed by atoms with Crippen LogP contribution in [0.25, 0.3) is 0 Å². The van der Waals surface area contributed by atoms with E-state index in [1.54, 1.807) is 18.2 Å². The number of para-hydroxylation sites is 1. The molecule has 2 aromatic rings. The van der Waals surface area contributed by atoms with E-state index in [-0.39, 0.29) is 0 Å².